The third-order valence-electron chi connectivity index (χ3n) is 12.1. The number of nitrogens with two attached hydrogens (primary N) is 3. The smallest absolute Gasteiger partial charge is 0.416 e. The molecular weight excluding hydrogens is 1120 g/mol. The van der Waals surface area contributed by atoms with Crippen LogP contribution in [0.4, 0.5) is 13.2 Å². The van der Waals surface area contributed by atoms with Crippen LogP contribution in [0.1, 0.15) is 76.4 Å². The molecule has 0 bridgehead atoms. The Labute approximate surface area is 498 Å². The first-order valence-corrected chi connectivity index (χ1v) is 26.2. The highest BCUT2D eigenvalue weighted by molar-refractivity contribution is 5.93. The van der Waals surface area contributed by atoms with E-state index in [1.807, 2.05) is 36.4 Å². The van der Waals surface area contributed by atoms with E-state index in [9.17, 15) is 27.6 Å². The topological polar surface area (TPSA) is 232 Å². The van der Waals surface area contributed by atoms with Crippen molar-refractivity contribution in [2.45, 2.75) is 51.6 Å². The monoisotopic (exact) mass is 1180 g/mol. The molecule has 6 aromatic carbocycles. The number of aryl methyl sites for hydroxylation is 1. The Bertz CT molecular complexity index is 3390. The normalized spacial score (nSPS) is 10.5. The van der Waals surface area contributed by atoms with E-state index in [4.69, 9.17) is 31.4 Å². The summed E-state index contributed by atoms with van der Waals surface area (Å²) in [5.41, 5.74) is 22.5. The molecule has 3 amide bonds. The number of amides is 3. The number of halogens is 5. The SMILES string of the molecule is Cl.Cl.NC(=O)c1ccc(Oc2ccc(CNCCCc3ccccc3)cn2)cc1.NC(=O)c1ccc(Oc2ccc(CNCCc3ccccc3)cn2)cc1.NC(=O)c1ccc(Oc2ccc(CNCc3cccc(C(F)(F)F)c3)cn2)cc1. The van der Waals surface area contributed by atoms with Crippen LogP contribution in [0.2, 0.25) is 0 Å². The summed E-state index contributed by atoms with van der Waals surface area (Å²) in [7, 11) is 0. The van der Waals surface area contributed by atoms with Gasteiger partial charge in [0.1, 0.15) is 17.2 Å². The van der Waals surface area contributed by atoms with Crippen molar-refractivity contribution in [1.82, 2.24) is 30.9 Å². The maximum atomic E-state index is 12.7. The molecule has 3 aromatic heterocycles. The average Bonchev–Trinajstić information content (AvgIpc) is 3.49. The van der Waals surface area contributed by atoms with Crippen LogP contribution in [-0.4, -0.2) is 45.8 Å². The lowest BCUT2D eigenvalue weighted by Crippen LogP contribution is -2.16. The standard InChI is InChI=1S/C22H23N3O2.C21H18F3N3O2.C21H21N3O2.2ClH/c23-22(26)19-9-11-20(12-10-19)27-21-13-8-18(16-25-21)15-24-14-4-7-17-5-2-1-3-6-17;22-21(23,24)17-3-1-2-14(10-17)11-26-12-15-4-9-19(27-13-15)29-18-7-5-16(6-8-18)20(25)28;22-21(25)18-7-9-19(10-8-18)26-20-11-6-17(15-24-20)14-23-13-12-16-4-2-1-3-5-16;;/h1-3,5-6,8-13,16,24H,4,7,14-15H2,(H2,23,26);1-10,13,26H,11-12H2,(H2,25,28);1-11,15,23H,12-14H2,(H2,22,25);2*1H. The minimum atomic E-state index is -4.35. The highest BCUT2D eigenvalue weighted by Crippen LogP contribution is 2.30. The summed E-state index contributed by atoms with van der Waals surface area (Å²) in [5.74, 6) is 1.68. The Morgan fingerprint density at radius 2 is 0.750 bits per heavy atom. The highest BCUT2D eigenvalue weighted by Gasteiger charge is 2.30. The fourth-order valence-corrected chi connectivity index (χ4v) is 7.77. The lowest BCUT2D eigenvalue weighted by atomic mass is 10.1. The number of hydrogen-bond donors (Lipinski definition) is 6. The number of primary amides is 3. The number of carbonyl (C=O) groups excluding carboxylic acids is 3. The van der Waals surface area contributed by atoms with Crippen LogP contribution in [0.5, 0.6) is 34.9 Å². The average molecular weight is 1180 g/mol. The third-order valence-corrected chi connectivity index (χ3v) is 12.1. The number of pyridine rings is 3. The number of ether oxygens (including phenoxy) is 3. The van der Waals surface area contributed by atoms with Gasteiger partial charge in [0.25, 0.3) is 0 Å². The van der Waals surface area contributed by atoms with E-state index in [-0.39, 0.29) is 24.8 Å². The van der Waals surface area contributed by atoms with Crippen molar-refractivity contribution >= 4 is 42.5 Å². The summed E-state index contributed by atoms with van der Waals surface area (Å²) >= 11 is 0. The molecule has 436 valence electrons. The van der Waals surface area contributed by atoms with Crippen LogP contribution in [0.3, 0.4) is 0 Å². The van der Waals surface area contributed by atoms with Gasteiger partial charge in [0.05, 0.1) is 5.56 Å². The van der Waals surface area contributed by atoms with E-state index in [2.05, 4.69) is 79.4 Å². The van der Waals surface area contributed by atoms with E-state index in [1.165, 1.54) is 17.2 Å². The molecule has 0 unspecified atom stereocenters. The highest BCUT2D eigenvalue weighted by atomic mass is 35.5. The molecule has 20 heteroatoms. The van der Waals surface area contributed by atoms with Crippen LogP contribution in [0.25, 0.3) is 0 Å². The van der Waals surface area contributed by atoms with Gasteiger partial charge in [0.2, 0.25) is 35.4 Å². The fourth-order valence-electron chi connectivity index (χ4n) is 7.77. The molecule has 9 aromatic rings. The van der Waals surface area contributed by atoms with Crippen molar-refractivity contribution in [2.24, 2.45) is 17.2 Å². The number of benzene rings is 6. The van der Waals surface area contributed by atoms with Crippen LogP contribution in [0.15, 0.2) is 213 Å². The lowest BCUT2D eigenvalue weighted by Gasteiger charge is -2.10. The second-order valence-corrected chi connectivity index (χ2v) is 18.5. The van der Waals surface area contributed by atoms with E-state index < -0.39 is 29.5 Å². The molecule has 0 saturated heterocycles. The van der Waals surface area contributed by atoms with Gasteiger partial charge in [-0.2, -0.15) is 13.2 Å². The van der Waals surface area contributed by atoms with Gasteiger partial charge in [-0.1, -0.05) is 97.1 Å². The molecule has 9 rings (SSSR count). The van der Waals surface area contributed by atoms with Crippen molar-refractivity contribution in [3.63, 3.8) is 0 Å². The van der Waals surface area contributed by atoms with Crippen molar-refractivity contribution in [2.75, 3.05) is 13.1 Å². The van der Waals surface area contributed by atoms with E-state index >= 15 is 0 Å². The first-order chi connectivity index (χ1) is 39.7. The maximum Gasteiger partial charge on any atom is 0.416 e. The molecule has 3 heterocycles. The van der Waals surface area contributed by atoms with Gasteiger partial charge in [-0.15, -0.1) is 24.8 Å². The summed E-state index contributed by atoms with van der Waals surface area (Å²) in [6.45, 7) is 4.14. The Morgan fingerprint density at radius 1 is 0.393 bits per heavy atom. The lowest BCUT2D eigenvalue weighted by molar-refractivity contribution is -0.137. The zero-order valence-corrected chi connectivity index (χ0v) is 47.2. The molecule has 0 spiro atoms. The minimum absolute atomic E-state index is 0. The van der Waals surface area contributed by atoms with Gasteiger partial charge >= 0.3 is 6.18 Å². The maximum absolute atomic E-state index is 12.7. The van der Waals surface area contributed by atoms with Gasteiger partial charge in [-0.05, 0) is 145 Å². The third kappa shape index (κ3) is 23.0. The van der Waals surface area contributed by atoms with Gasteiger partial charge < -0.3 is 47.4 Å². The Hall–Kier alpha value is -9.17. The fraction of sp³-hybridized carbons (Fsp3) is 0.156. The van der Waals surface area contributed by atoms with E-state index in [1.54, 1.807) is 110 Å². The first kappa shape index (κ1) is 65.6. The number of aromatic nitrogens is 3. The molecule has 0 fully saturated rings. The molecule has 15 nitrogen and oxygen atoms in total. The van der Waals surface area contributed by atoms with Gasteiger partial charge in [-0.3, -0.25) is 14.4 Å². The first-order valence-electron chi connectivity index (χ1n) is 26.2. The predicted molar refractivity (Wildman–Crippen MR) is 323 cm³/mol. The molecule has 0 saturated carbocycles. The van der Waals surface area contributed by atoms with Crippen molar-refractivity contribution in [3.8, 4) is 34.9 Å². The van der Waals surface area contributed by atoms with Gasteiger partial charge in [0, 0.05) is 79.7 Å². The number of carbonyl (C=O) groups is 3. The molecule has 0 aliphatic carbocycles. The molecular formula is C64H64Cl2F3N9O6. The zero-order valence-electron chi connectivity index (χ0n) is 45.5. The molecule has 9 N–H and O–H groups in total. The summed E-state index contributed by atoms with van der Waals surface area (Å²) < 4.78 is 55.2. The second-order valence-electron chi connectivity index (χ2n) is 18.5. The van der Waals surface area contributed by atoms with Crippen molar-refractivity contribution < 1.29 is 41.8 Å². The van der Waals surface area contributed by atoms with Crippen LogP contribution < -0.4 is 47.4 Å². The molecule has 0 radical (unpaired) electrons. The Balaban J connectivity index is 0.000000228. The number of nitrogens with one attached hydrogen (secondary N) is 3. The number of rotatable bonds is 24. The Morgan fingerprint density at radius 3 is 1.12 bits per heavy atom. The number of nitrogens with zero attached hydrogens (tertiary/aromatic N) is 3. The van der Waals surface area contributed by atoms with Gasteiger partial charge in [-0.25, -0.2) is 15.0 Å². The van der Waals surface area contributed by atoms with Crippen LogP contribution >= 0.6 is 24.8 Å². The second kappa shape index (κ2) is 34.3. The summed E-state index contributed by atoms with van der Waals surface area (Å²) in [6, 6.07) is 56.9. The van der Waals surface area contributed by atoms with Gasteiger partial charge in [0.15, 0.2) is 0 Å². The molecule has 0 atom stereocenters. The summed E-state index contributed by atoms with van der Waals surface area (Å²) in [5, 5.41) is 9.94. The predicted octanol–water partition coefficient (Wildman–Crippen LogP) is 12.1. The number of alkyl halides is 3. The van der Waals surface area contributed by atoms with Crippen molar-refractivity contribution in [3.05, 3.63) is 268 Å². The van der Waals surface area contributed by atoms with E-state index in [0.717, 1.165) is 74.3 Å². The van der Waals surface area contributed by atoms with Crippen molar-refractivity contribution in [1.29, 1.82) is 0 Å². The molecule has 84 heavy (non-hydrogen) atoms. The largest absolute Gasteiger partial charge is 0.439 e. The minimum Gasteiger partial charge on any atom is -0.439 e. The number of hydrogen-bond acceptors (Lipinski definition) is 12. The summed E-state index contributed by atoms with van der Waals surface area (Å²) in [6.07, 6.45) is 4.03. The molecule has 0 aliphatic heterocycles. The zero-order chi connectivity index (χ0) is 57.9. The quantitative estimate of drug-likeness (QED) is 0.0310. The van der Waals surface area contributed by atoms with Crippen LogP contribution in [-0.2, 0) is 45.2 Å². The summed E-state index contributed by atoms with van der Waals surface area (Å²) in [4.78, 5) is 46.0. The molecule has 0 aliphatic rings. The van der Waals surface area contributed by atoms with Crippen LogP contribution in [0, 0.1) is 0 Å². The van der Waals surface area contributed by atoms with E-state index in [0.29, 0.717) is 70.2 Å². The Kier molecular flexibility index (Phi) is 26.8.